The van der Waals surface area contributed by atoms with Gasteiger partial charge in [0.05, 0.1) is 18.4 Å². The molecule has 0 saturated heterocycles. The molecule has 13 nitrogen and oxygen atoms in total. The number of benzene rings is 1. The van der Waals surface area contributed by atoms with Crippen molar-refractivity contribution in [3.63, 3.8) is 0 Å². The monoisotopic (exact) mass is 524 g/mol. The number of aromatic nitrogens is 4. The van der Waals surface area contributed by atoms with Gasteiger partial charge in [-0.05, 0) is 51.5 Å². The highest BCUT2D eigenvalue weighted by atomic mass is 16.4. The lowest BCUT2D eigenvalue weighted by atomic mass is 10.0. The van der Waals surface area contributed by atoms with Gasteiger partial charge in [-0.3, -0.25) is 19.4 Å². The Bertz CT molecular complexity index is 1400. The molecule has 0 radical (unpaired) electrons. The molecule has 0 aliphatic heterocycles. The van der Waals surface area contributed by atoms with Crippen molar-refractivity contribution in [1.29, 1.82) is 0 Å². The van der Waals surface area contributed by atoms with Gasteiger partial charge in [0.1, 0.15) is 6.04 Å². The molecule has 0 bridgehead atoms. The van der Waals surface area contributed by atoms with Crippen LogP contribution in [-0.2, 0) is 16.1 Å². The fourth-order valence-corrected chi connectivity index (χ4v) is 3.61. The van der Waals surface area contributed by atoms with Crippen LogP contribution in [0, 0.1) is 0 Å². The second kappa shape index (κ2) is 11.2. The van der Waals surface area contributed by atoms with E-state index in [2.05, 4.69) is 25.3 Å². The minimum atomic E-state index is -1.18. The lowest BCUT2D eigenvalue weighted by molar-refractivity contribution is -0.142. The summed E-state index contributed by atoms with van der Waals surface area (Å²) in [4.78, 5) is 66.7. The second-order valence-corrected chi connectivity index (χ2v) is 9.85. The zero-order valence-corrected chi connectivity index (χ0v) is 22.0. The fraction of sp³-hybridized carbons (Fsp3) is 0.400. The van der Waals surface area contributed by atoms with Crippen molar-refractivity contribution >= 4 is 40.6 Å². The normalized spacial score (nSPS) is 12.1. The first-order valence-corrected chi connectivity index (χ1v) is 11.9. The zero-order valence-electron chi connectivity index (χ0n) is 22.0. The number of fused-ring (bicyclic) bond motifs is 1. The number of carbonyl (C=O) groups excluding carboxylic acids is 2. The Kier molecular flexibility index (Phi) is 8.29. The number of hydrogen-bond acceptors (Lipinski definition) is 9. The smallest absolute Gasteiger partial charge is 0.326 e. The molecule has 2 amide bonds. The van der Waals surface area contributed by atoms with Gasteiger partial charge in [-0.15, -0.1) is 0 Å². The number of H-pyrrole nitrogens is 1. The minimum Gasteiger partial charge on any atom is -0.480 e. The number of rotatable bonds is 9. The Balaban J connectivity index is 1.63. The summed E-state index contributed by atoms with van der Waals surface area (Å²) >= 11 is 0. The molecule has 2 aromatic heterocycles. The zero-order chi connectivity index (χ0) is 28.2. The maximum atomic E-state index is 13.0. The molecule has 5 N–H and O–H groups in total. The lowest BCUT2D eigenvalue weighted by Gasteiger charge is -2.33. The van der Waals surface area contributed by atoms with Crippen LogP contribution in [0.15, 0.2) is 35.3 Å². The number of amides is 2. The van der Waals surface area contributed by atoms with E-state index in [0.29, 0.717) is 16.9 Å². The highest BCUT2D eigenvalue weighted by Crippen LogP contribution is 2.17. The molecule has 13 heteroatoms. The van der Waals surface area contributed by atoms with Gasteiger partial charge in [0.15, 0.2) is 11.2 Å². The van der Waals surface area contributed by atoms with E-state index in [1.54, 1.807) is 36.2 Å². The molecular weight excluding hydrogens is 492 g/mol. The van der Waals surface area contributed by atoms with Crippen molar-refractivity contribution in [3.8, 4) is 0 Å². The van der Waals surface area contributed by atoms with E-state index in [9.17, 15) is 24.3 Å². The van der Waals surface area contributed by atoms with Gasteiger partial charge < -0.3 is 26.0 Å². The largest absolute Gasteiger partial charge is 0.480 e. The van der Waals surface area contributed by atoms with Crippen LogP contribution in [0.3, 0.4) is 0 Å². The number of likely N-dealkylation sites (N-methyl/N-ethyl adjacent to an activating group) is 1. The summed E-state index contributed by atoms with van der Waals surface area (Å²) in [6.07, 6.45) is 1.47. The average Bonchev–Trinajstić information content (AvgIpc) is 2.86. The van der Waals surface area contributed by atoms with Gasteiger partial charge in [0.25, 0.3) is 11.5 Å². The van der Waals surface area contributed by atoms with E-state index in [1.807, 2.05) is 20.8 Å². The van der Waals surface area contributed by atoms with Crippen LogP contribution in [-0.4, -0.2) is 78.3 Å². The van der Waals surface area contributed by atoms with Crippen LogP contribution in [0.1, 0.15) is 49.7 Å². The lowest BCUT2D eigenvalue weighted by Crippen LogP contribution is -2.45. The van der Waals surface area contributed by atoms with Crippen molar-refractivity contribution in [2.24, 2.45) is 0 Å². The molecule has 0 spiro atoms. The van der Waals surface area contributed by atoms with Gasteiger partial charge in [-0.1, -0.05) is 0 Å². The first kappa shape index (κ1) is 28.0. The van der Waals surface area contributed by atoms with E-state index in [4.69, 9.17) is 5.73 Å². The van der Waals surface area contributed by atoms with Crippen LogP contribution >= 0.6 is 0 Å². The summed E-state index contributed by atoms with van der Waals surface area (Å²) in [5, 5.41) is 12.8. The highest BCUT2D eigenvalue weighted by Gasteiger charge is 2.30. The van der Waals surface area contributed by atoms with E-state index in [-0.39, 0.29) is 42.4 Å². The van der Waals surface area contributed by atoms with Crippen LogP contribution < -0.4 is 16.6 Å². The average molecular weight is 525 g/mol. The standard InChI is InChI=1S/C25H32N8O5/c1-25(2,3)33(5)18(34)11-10-17(23(37)38)32(4)22(36)14-6-8-15(9-7-14)27-12-16-13-28-20-19(29-16)21(35)31-24(26)30-20/h6-9,13,17,27H,10-12H2,1-5H3,(H,37,38)(H3,26,28,30,31,35)/t17-/m0/s1. The fourth-order valence-electron chi connectivity index (χ4n) is 3.61. The first-order chi connectivity index (χ1) is 17.8. The van der Waals surface area contributed by atoms with Crippen molar-refractivity contribution in [1.82, 2.24) is 29.7 Å². The molecule has 1 aromatic carbocycles. The van der Waals surface area contributed by atoms with Crippen LogP contribution in [0.4, 0.5) is 11.6 Å². The molecule has 0 aliphatic carbocycles. The third kappa shape index (κ3) is 6.60. The second-order valence-electron chi connectivity index (χ2n) is 9.85. The minimum absolute atomic E-state index is 0.00179. The molecule has 0 fully saturated rings. The Morgan fingerprint density at radius 2 is 1.79 bits per heavy atom. The Morgan fingerprint density at radius 1 is 1.13 bits per heavy atom. The molecule has 1 atom stereocenters. The van der Waals surface area contributed by atoms with E-state index in [0.717, 1.165) is 4.90 Å². The number of aromatic amines is 1. The number of nitrogen functional groups attached to an aromatic ring is 1. The number of nitrogens with two attached hydrogens (primary N) is 1. The number of aliphatic carboxylic acids is 1. The topological polar surface area (TPSA) is 187 Å². The van der Waals surface area contributed by atoms with Crippen molar-refractivity contribution in [2.45, 2.75) is 51.7 Å². The number of carboxylic acids is 1. The van der Waals surface area contributed by atoms with Gasteiger partial charge in [0, 0.05) is 37.3 Å². The summed E-state index contributed by atoms with van der Waals surface area (Å²) in [5.41, 5.74) is 6.31. The molecule has 3 aromatic rings. The highest BCUT2D eigenvalue weighted by molar-refractivity contribution is 5.96. The van der Waals surface area contributed by atoms with Gasteiger partial charge in [0.2, 0.25) is 11.9 Å². The van der Waals surface area contributed by atoms with Gasteiger partial charge >= 0.3 is 5.97 Å². The van der Waals surface area contributed by atoms with E-state index >= 15 is 0 Å². The first-order valence-electron chi connectivity index (χ1n) is 11.9. The van der Waals surface area contributed by atoms with Crippen molar-refractivity contribution in [2.75, 3.05) is 25.1 Å². The maximum absolute atomic E-state index is 13.0. The van der Waals surface area contributed by atoms with E-state index in [1.165, 1.54) is 13.2 Å². The van der Waals surface area contributed by atoms with Gasteiger partial charge in [-0.25, -0.2) is 14.8 Å². The summed E-state index contributed by atoms with van der Waals surface area (Å²) in [6, 6.07) is 5.33. The Hall–Kier alpha value is -4.55. The Morgan fingerprint density at radius 3 is 2.39 bits per heavy atom. The number of anilines is 2. The maximum Gasteiger partial charge on any atom is 0.326 e. The quantitative estimate of drug-likeness (QED) is 0.319. The predicted octanol–water partition coefficient (Wildman–Crippen LogP) is 1.47. The van der Waals surface area contributed by atoms with Crippen LogP contribution in [0.5, 0.6) is 0 Å². The summed E-state index contributed by atoms with van der Waals surface area (Å²) in [6.45, 7) is 5.91. The molecule has 0 aliphatic rings. The molecular formula is C25H32N8O5. The summed E-state index contributed by atoms with van der Waals surface area (Å²) < 4.78 is 0. The number of carboxylic acid groups (broad SMARTS) is 1. The predicted molar refractivity (Wildman–Crippen MR) is 141 cm³/mol. The number of nitrogens with one attached hydrogen (secondary N) is 2. The Labute approximate surface area is 219 Å². The third-order valence-electron chi connectivity index (χ3n) is 6.18. The summed E-state index contributed by atoms with van der Waals surface area (Å²) in [5.74, 6) is -1.90. The van der Waals surface area contributed by atoms with Crippen molar-refractivity contribution in [3.05, 3.63) is 52.1 Å². The molecule has 0 unspecified atom stereocenters. The molecule has 2 heterocycles. The van der Waals surface area contributed by atoms with Gasteiger partial charge in [-0.2, -0.15) is 4.98 Å². The van der Waals surface area contributed by atoms with Crippen molar-refractivity contribution < 1.29 is 19.5 Å². The third-order valence-corrected chi connectivity index (χ3v) is 6.18. The van der Waals surface area contributed by atoms with Crippen LogP contribution in [0.2, 0.25) is 0 Å². The van der Waals surface area contributed by atoms with Crippen LogP contribution in [0.25, 0.3) is 11.2 Å². The molecule has 0 saturated carbocycles. The van der Waals surface area contributed by atoms with E-state index < -0.39 is 29.0 Å². The SMILES string of the molecule is CN(C(=O)c1ccc(NCc2cnc3nc(N)[nH]c(=O)c3n2)cc1)[C@@H](CCC(=O)N(C)C(C)(C)C)C(=O)O. The number of carbonyl (C=O) groups is 3. The number of nitrogens with zero attached hydrogens (tertiary/aromatic N) is 5. The summed E-state index contributed by atoms with van der Waals surface area (Å²) in [7, 11) is 3.08. The molecule has 38 heavy (non-hydrogen) atoms. The number of hydrogen-bond donors (Lipinski definition) is 4. The molecule has 202 valence electrons. The molecule has 3 rings (SSSR count).